The Morgan fingerprint density at radius 2 is 1.76 bits per heavy atom. The van der Waals surface area contributed by atoms with Crippen molar-refractivity contribution in [1.82, 2.24) is 14.9 Å². The number of ether oxygens (including phenoxy) is 1. The summed E-state index contributed by atoms with van der Waals surface area (Å²) in [6.45, 7) is 3.19. The number of amides is 1. The molecule has 3 aliphatic rings. The minimum atomic E-state index is -0.843. The SMILES string of the molecule is CN(c1nc2c(c(N3CCOCC3)n1)CN(C(=O)c1c(F)cccc1F)CC2)C1CCCCC1. The maximum absolute atomic E-state index is 14.3. The number of nitrogens with zero attached hydrogens (tertiary/aromatic N) is 5. The van der Waals surface area contributed by atoms with Gasteiger partial charge in [-0.25, -0.2) is 13.8 Å². The lowest BCUT2D eigenvalue weighted by molar-refractivity contribution is 0.0723. The zero-order valence-electron chi connectivity index (χ0n) is 19.6. The molecule has 0 bridgehead atoms. The standard InChI is InChI=1S/C25H31F2N5O2/c1-30(17-6-3-2-4-7-17)25-28-21-10-11-32(24(33)22-19(26)8-5-9-20(22)27)16-18(21)23(29-25)31-12-14-34-15-13-31/h5,8-9,17H,2-4,6-7,10-16H2,1H3. The molecule has 1 aliphatic carbocycles. The van der Waals surface area contributed by atoms with Crippen molar-refractivity contribution >= 4 is 17.7 Å². The second kappa shape index (κ2) is 9.82. The fourth-order valence-electron chi connectivity index (χ4n) is 5.24. The van der Waals surface area contributed by atoms with Crippen molar-refractivity contribution in [3.8, 4) is 0 Å². The lowest BCUT2D eigenvalue weighted by Gasteiger charge is -2.37. The van der Waals surface area contributed by atoms with E-state index >= 15 is 0 Å². The van der Waals surface area contributed by atoms with Gasteiger partial charge in [-0.3, -0.25) is 4.79 Å². The van der Waals surface area contributed by atoms with Gasteiger partial charge in [0.15, 0.2) is 0 Å². The predicted molar refractivity (Wildman–Crippen MR) is 125 cm³/mol. The summed E-state index contributed by atoms with van der Waals surface area (Å²) in [7, 11) is 2.07. The highest BCUT2D eigenvalue weighted by molar-refractivity contribution is 5.95. The number of morpholine rings is 1. The molecule has 5 rings (SSSR count). The number of carbonyl (C=O) groups excluding carboxylic acids is 1. The van der Waals surface area contributed by atoms with E-state index in [1.54, 1.807) is 0 Å². The smallest absolute Gasteiger partial charge is 0.260 e. The Bertz CT molecular complexity index is 1030. The third-order valence-electron chi connectivity index (χ3n) is 7.24. The van der Waals surface area contributed by atoms with Crippen LogP contribution >= 0.6 is 0 Å². The molecular formula is C25H31F2N5O2. The van der Waals surface area contributed by atoms with Gasteiger partial charge in [-0.2, -0.15) is 4.98 Å². The molecule has 2 aromatic rings. The number of rotatable bonds is 4. The van der Waals surface area contributed by atoms with Crippen LogP contribution < -0.4 is 9.80 Å². The zero-order chi connectivity index (χ0) is 23.7. The van der Waals surface area contributed by atoms with Crippen LogP contribution in [0.25, 0.3) is 0 Å². The molecule has 0 N–H and O–H groups in total. The number of carbonyl (C=O) groups is 1. The van der Waals surface area contributed by atoms with Gasteiger partial charge in [-0.15, -0.1) is 0 Å². The van der Waals surface area contributed by atoms with Crippen molar-refractivity contribution in [2.45, 2.75) is 51.1 Å². The predicted octanol–water partition coefficient (Wildman–Crippen LogP) is 3.56. The molecule has 1 saturated heterocycles. The summed E-state index contributed by atoms with van der Waals surface area (Å²) in [6.07, 6.45) is 6.52. The summed E-state index contributed by atoms with van der Waals surface area (Å²) in [5.74, 6) is -0.808. The van der Waals surface area contributed by atoms with Crippen molar-refractivity contribution in [2.75, 3.05) is 49.7 Å². The molecule has 7 nitrogen and oxygen atoms in total. The lowest BCUT2D eigenvalue weighted by Crippen LogP contribution is -2.42. The van der Waals surface area contributed by atoms with E-state index in [4.69, 9.17) is 14.7 Å². The van der Waals surface area contributed by atoms with E-state index in [9.17, 15) is 13.6 Å². The molecule has 0 atom stereocenters. The molecule has 34 heavy (non-hydrogen) atoms. The zero-order valence-corrected chi connectivity index (χ0v) is 19.6. The third kappa shape index (κ3) is 4.45. The van der Waals surface area contributed by atoms with Gasteiger partial charge in [0.1, 0.15) is 23.0 Å². The molecule has 1 saturated carbocycles. The van der Waals surface area contributed by atoms with Crippen LogP contribution in [0.1, 0.15) is 53.7 Å². The van der Waals surface area contributed by atoms with Crippen LogP contribution in [0.5, 0.6) is 0 Å². The number of hydrogen-bond acceptors (Lipinski definition) is 6. The number of fused-ring (bicyclic) bond motifs is 1. The van der Waals surface area contributed by atoms with Gasteiger partial charge in [0, 0.05) is 44.7 Å². The lowest BCUT2D eigenvalue weighted by atomic mass is 9.95. The first kappa shape index (κ1) is 23.0. The van der Waals surface area contributed by atoms with E-state index in [2.05, 4.69) is 16.8 Å². The molecule has 2 aliphatic heterocycles. The van der Waals surface area contributed by atoms with Crippen molar-refractivity contribution in [3.05, 3.63) is 46.7 Å². The topological polar surface area (TPSA) is 61.8 Å². The summed E-state index contributed by atoms with van der Waals surface area (Å²) in [4.78, 5) is 28.9. The van der Waals surface area contributed by atoms with E-state index in [-0.39, 0.29) is 6.54 Å². The van der Waals surface area contributed by atoms with Crippen LogP contribution in [0.4, 0.5) is 20.5 Å². The molecule has 1 amide bonds. The molecule has 2 fully saturated rings. The molecule has 1 aromatic carbocycles. The Hall–Kier alpha value is -2.81. The molecule has 0 unspecified atom stereocenters. The minimum Gasteiger partial charge on any atom is -0.378 e. The van der Waals surface area contributed by atoms with E-state index < -0.39 is 23.1 Å². The fourth-order valence-corrected chi connectivity index (χ4v) is 5.24. The highest BCUT2D eigenvalue weighted by Crippen LogP contribution is 2.32. The number of aromatic nitrogens is 2. The van der Waals surface area contributed by atoms with Crippen molar-refractivity contribution in [2.24, 2.45) is 0 Å². The summed E-state index contributed by atoms with van der Waals surface area (Å²) >= 11 is 0. The van der Waals surface area contributed by atoms with Crippen LogP contribution in [0, 0.1) is 11.6 Å². The van der Waals surface area contributed by atoms with E-state index in [1.807, 2.05) is 0 Å². The van der Waals surface area contributed by atoms with E-state index in [0.29, 0.717) is 51.3 Å². The van der Waals surface area contributed by atoms with Crippen LogP contribution in [0.3, 0.4) is 0 Å². The van der Waals surface area contributed by atoms with E-state index in [0.717, 1.165) is 42.0 Å². The average Bonchev–Trinajstić information content (AvgIpc) is 2.88. The van der Waals surface area contributed by atoms with Crippen molar-refractivity contribution in [1.29, 1.82) is 0 Å². The van der Waals surface area contributed by atoms with Crippen LogP contribution in [-0.2, 0) is 17.7 Å². The largest absolute Gasteiger partial charge is 0.378 e. The molecule has 182 valence electrons. The number of halogens is 2. The number of benzene rings is 1. The summed E-state index contributed by atoms with van der Waals surface area (Å²) < 4.78 is 34.1. The van der Waals surface area contributed by atoms with Gasteiger partial charge in [0.25, 0.3) is 5.91 Å². The number of hydrogen-bond donors (Lipinski definition) is 0. The Morgan fingerprint density at radius 3 is 2.47 bits per heavy atom. The van der Waals surface area contributed by atoms with Gasteiger partial charge in [-0.1, -0.05) is 25.3 Å². The quantitative estimate of drug-likeness (QED) is 0.680. The molecule has 1 aromatic heterocycles. The second-order valence-electron chi connectivity index (χ2n) is 9.35. The van der Waals surface area contributed by atoms with Gasteiger partial charge in [-0.05, 0) is 25.0 Å². The first-order chi connectivity index (χ1) is 16.5. The highest BCUT2D eigenvalue weighted by atomic mass is 19.1. The molecular weight excluding hydrogens is 440 g/mol. The maximum Gasteiger partial charge on any atom is 0.260 e. The first-order valence-electron chi connectivity index (χ1n) is 12.2. The number of anilines is 2. The second-order valence-corrected chi connectivity index (χ2v) is 9.35. The van der Waals surface area contributed by atoms with Gasteiger partial charge in [0.2, 0.25) is 5.95 Å². The minimum absolute atomic E-state index is 0.224. The fraction of sp³-hybridized carbons (Fsp3) is 0.560. The molecule has 0 spiro atoms. The Kier molecular flexibility index (Phi) is 6.63. The highest BCUT2D eigenvalue weighted by Gasteiger charge is 2.32. The Balaban J connectivity index is 1.48. The first-order valence-corrected chi connectivity index (χ1v) is 12.2. The normalized spacial score (nSPS) is 19.1. The molecule has 9 heteroatoms. The third-order valence-corrected chi connectivity index (χ3v) is 7.24. The van der Waals surface area contributed by atoms with Crippen molar-refractivity contribution in [3.63, 3.8) is 0 Å². The van der Waals surface area contributed by atoms with Crippen LogP contribution in [-0.4, -0.2) is 66.7 Å². The van der Waals surface area contributed by atoms with Crippen LogP contribution in [0.15, 0.2) is 18.2 Å². The van der Waals surface area contributed by atoms with Gasteiger partial charge < -0.3 is 19.4 Å². The summed E-state index contributed by atoms with van der Waals surface area (Å²) in [5.41, 5.74) is 1.26. The van der Waals surface area contributed by atoms with Crippen molar-refractivity contribution < 1.29 is 18.3 Å². The van der Waals surface area contributed by atoms with Crippen LogP contribution in [0.2, 0.25) is 0 Å². The summed E-state index contributed by atoms with van der Waals surface area (Å²) in [5, 5.41) is 0. The van der Waals surface area contributed by atoms with Gasteiger partial charge in [0.05, 0.1) is 25.5 Å². The van der Waals surface area contributed by atoms with Gasteiger partial charge >= 0.3 is 0 Å². The Labute approximate surface area is 198 Å². The molecule has 3 heterocycles. The monoisotopic (exact) mass is 471 g/mol. The molecule has 0 radical (unpaired) electrons. The Morgan fingerprint density at radius 1 is 1.06 bits per heavy atom. The summed E-state index contributed by atoms with van der Waals surface area (Å²) in [6, 6.07) is 3.92. The van der Waals surface area contributed by atoms with E-state index in [1.165, 1.54) is 30.2 Å². The maximum atomic E-state index is 14.3. The average molecular weight is 472 g/mol.